The number of aryl methyl sites for hydroxylation is 1. The second-order valence-electron chi connectivity index (χ2n) is 5.56. The Morgan fingerprint density at radius 3 is 2.82 bits per heavy atom. The van der Waals surface area contributed by atoms with Crippen LogP contribution < -0.4 is 4.90 Å². The first kappa shape index (κ1) is 13.3. The van der Waals surface area contributed by atoms with Crippen LogP contribution in [-0.2, 0) is 11.8 Å². The number of hydrogen-bond donors (Lipinski definition) is 0. The maximum Gasteiger partial charge on any atom is 0.158 e. The first-order valence-electron chi connectivity index (χ1n) is 7.41. The average Bonchev–Trinajstić information content (AvgIpc) is 3.15. The van der Waals surface area contributed by atoms with Crippen molar-refractivity contribution >= 4 is 11.5 Å². The van der Waals surface area contributed by atoms with E-state index in [0.717, 1.165) is 42.6 Å². The Kier molecular flexibility index (Phi) is 3.07. The molecule has 0 spiro atoms. The Labute approximate surface area is 128 Å². The fraction of sp³-hybridized carbons (Fsp3) is 0.400. The Morgan fingerprint density at radius 2 is 2.05 bits per heavy atom. The van der Waals surface area contributed by atoms with Crippen molar-refractivity contribution in [1.29, 1.82) is 0 Å². The van der Waals surface area contributed by atoms with Gasteiger partial charge in [0, 0.05) is 31.9 Å². The van der Waals surface area contributed by atoms with E-state index in [2.05, 4.69) is 28.1 Å². The van der Waals surface area contributed by atoms with Crippen LogP contribution in [0.4, 0.5) is 5.82 Å². The molecule has 0 N–H and O–H groups in total. The number of anilines is 1. The summed E-state index contributed by atoms with van der Waals surface area (Å²) in [6.45, 7) is 4.47. The largest absolute Gasteiger partial charge is 0.377 e. The van der Waals surface area contributed by atoms with Gasteiger partial charge in [-0.25, -0.2) is 9.50 Å². The van der Waals surface area contributed by atoms with Gasteiger partial charge in [-0.05, 0) is 13.0 Å². The zero-order chi connectivity index (χ0) is 15.1. The summed E-state index contributed by atoms with van der Waals surface area (Å²) in [4.78, 5) is 7.04. The minimum Gasteiger partial charge on any atom is -0.377 e. The highest BCUT2D eigenvalue weighted by Crippen LogP contribution is 2.26. The van der Waals surface area contributed by atoms with Crippen molar-refractivity contribution in [3.63, 3.8) is 0 Å². The Morgan fingerprint density at radius 1 is 1.18 bits per heavy atom. The van der Waals surface area contributed by atoms with E-state index in [4.69, 9.17) is 9.72 Å². The lowest BCUT2D eigenvalue weighted by Gasteiger charge is -2.34. The molecule has 7 heteroatoms. The molecule has 7 nitrogen and oxygen atoms in total. The number of hydrogen-bond acceptors (Lipinski definition) is 5. The maximum absolute atomic E-state index is 5.53. The summed E-state index contributed by atoms with van der Waals surface area (Å²) in [7, 11) is 1.93. The van der Waals surface area contributed by atoms with Gasteiger partial charge < -0.3 is 9.64 Å². The van der Waals surface area contributed by atoms with Crippen molar-refractivity contribution < 1.29 is 4.74 Å². The van der Waals surface area contributed by atoms with Crippen LogP contribution in [0.25, 0.3) is 17.0 Å². The van der Waals surface area contributed by atoms with E-state index in [1.54, 1.807) is 12.4 Å². The highest BCUT2D eigenvalue weighted by atomic mass is 16.5. The number of aromatic nitrogens is 5. The van der Waals surface area contributed by atoms with Crippen LogP contribution in [-0.4, -0.2) is 50.2 Å². The second-order valence-corrected chi connectivity index (χ2v) is 5.56. The van der Waals surface area contributed by atoms with Crippen LogP contribution in [0.5, 0.6) is 0 Å². The van der Waals surface area contributed by atoms with E-state index in [1.165, 1.54) is 0 Å². The van der Waals surface area contributed by atoms with Crippen LogP contribution >= 0.6 is 0 Å². The van der Waals surface area contributed by atoms with Crippen molar-refractivity contribution in [1.82, 2.24) is 24.4 Å². The number of rotatable bonds is 2. The van der Waals surface area contributed by atoms with Gasteiger partial charge >= 0.3 is 0 Å². The fourth-order valence-corrected chi connectivity index (χ4v) is 2.92. The van der Waals surface area contributed by atoms with E-state index in [-0.39, 0.29) is 0 Å². The van der Waals surface area contributed by atoms with Crippen molar-refractivity contribution in [3.8, 4) is 11.4 Å². The predicted molar refractivity (Wildman–Crippen MR) is 82.8 cm³/mol. The SMILES string of the molecule is CC1COCCN1c1cc(-c2ccnn2C)n2nccc2n1. The molecule has 4 heterocycles. The van der Waals surface area contributed by atoms with E-state index in [1.807, 2.05) is 28.4 Å². The molecule has 1 fully saturated rings. The molecule has 1 aliphatic heterocycles. The summed E-state index contributed by atoms with van der Waals surface area (Å²) in [5.74, 6) is 0.958. The van der Waals surface area contributed by atoms with E-state index < -0.39 is 0 Å². The minimum atomic E-state index is 0.311. The zero-order valence-corrected chi connectivity index (χ0v) is 12.7. The Bertz CT molecular complexity index is 807. The molecule has 0 bridgehead atoms. The van der Waals surface area contributed by atoms with Crippen LogP contribution in [0.15, 0.2) is 30.6 Å². The van der Waals surface area contributed by atoms with Gasteiger partial charge in [-0.1, -0.05) is 0 Å². The second kappa shape index (κ2) is 5.10. The normalized spacial score (nSPS) is 19.0. The lowest BCUT2D eigenvalue weighted by atomic mass is 10.2. The lowest BCUT2D eigenvalue weighted by molar-refractivity contribution is 0.0985. The van der Waals surface area contributed by atoms with Crippen molar-refractivity contribution in [2.24, 2.45) is 7.05 Å². The van der Waals surface area contributed by atoms with Crippen LogP contribution in [0.3, 0.4) is 0 Å². The Hall–Kier alpha value is -2.41. The third-order valence-electron chi connectivity index (χ3n) is 4.09. The van der Waals surface area contributed by atoms with Gasteiger partial charge in [-0.3, -0.25) is 4.68 Å². The quantitative estimate of drug-likeness (QED) is 0.715. The molecule has 4 rings (SSSR count). The summed E-state index contributed by atoms with van der Waals surface area (Å²) in [5.41, 5.74) is 2.84. The van der Waals surface area contributed by atoms with Gasteiger partial charge in [0.15, 0.2) is 5.65 Å². The van der Waals surface area contributed by atoms with E-state index >= 15 is 0 Å². The Balaban J connectivity index is 1.89. The molecule has 1 saturated heterocycles. The van der Waals surface area contributed by atoms with Crippen molar-refractivity contribution in [2.45, 2.75) is 13.0 Å². The average molecular weight is 298 g/mol. The number of fused-ring (bicyclic) bond motifs is 1. The zero-order valence-electron chi connectivity index (χ0n) is 12.7. The first-order valence-corrected chi connectivity index (χ1v) is 7.41. The molecule has 3 aromatic heterocycles. The molecule has 0 saturated carbocycles. The molecule has 22 heavy (non-hydrogen) atoms. The summed E-state index contributed by atoms with van der Waals surface area (Å²) < 4.78 is 9.23. The molecule has 1 atom stereocenters. The summed E-state index contributed by atoms with van der Waals surface area (Å²) in [5, 5.41) is 8.65. The van der Waals surface area contributed by atoms with Gasteiger partial charge in [-0.2, -0.15) is 10.2 Å². The molecular weight excluding hydrogens is 280 g/mol. The van der Waals surface area contributed by atoms with Gasteiger partial charge in [0.1, 0.15) is 5.82 Å². The van der Waals surface area contributed by atoms with Crippen molar-refractivity contribution in [3.05, 3.63) is 30.6 Å². The molecular formula is C15H18N6O. The number of ether oxygens (including phenoxy) is 1. The molecule has 0 radical (unpaired) electrons. The topological polar surface area (TPSA) is 60.5 Å². The van der Waals surface area contributed by atoms with Crippen LogP contribution in [0, 0.1) is 0 Å². The van der Waals surface area contributed by atoms with Gasteiger partial charge in [0.25, 0.3) is 0 Å². The van der Waals surface area contributed by atoms with Gasteiger partial charge in [-0.15, -0.1) is 0 Å². The summed E-state index contributed by atoms with van der Waals surface area (Å²) in [6, 6.07) is 6.31. The third kappa shape index (κ3) is 2.05. The summed E-state index contributed by atoms with van der Waals surface area (Å²) in [6.07, 6.45) is 3.57. The smallest absolute Gasteiger partial charge is 0.158 e. The highest BCUT2D eigenvalue weighted by Gasteiger charge is 2.22. The van der Waals surface area contributed by atoms with Gasteiger partial charge in [0.2, 0.25) is 0 Å². The van der Waals surface area contributed by atoms with Crippen LogP contribution in [0.2, 0.25) is 0 Å². The number of morpholine rings is 1. The lowest BCUT2D eigenvalue weighted by Crippen LogP contribution is -2.44. The van der Waals surface area contributed by atoms with Crippen molar-refractivity contribution in [2.75, 3.05) is 24.7 Å². The molecule has 0 amide bonds. The molecule has 3 aromatic rings. The number of nitrogens with zero attached hydrogens (tertiary/aromatic N) is 6. The predicted octanol–water partition coefficient (Wildman–Crippen LogP) is 1.35. The monoisotopic (exact) mass is 298 g/mol. The van der Waals surface area contributed by atoms with E-state index in [9.17, 15) is 0 Å². The maximum atomic E-state index is 5.53. The van der Waals surface area contributed by atoms with Crippen LogP contribution in [0.1, 0.15) is 6.92 Å². The highest BCUT2D eigenvalue weighted by molar-refractivity contribution is 5.65. The molecule has 114 valence electrons. The molecule has 0 aliphatic carbocycles. The molecule has 1 unspecified atom stereocenters. The first-order chi connectivity index (χ1) is 10.7. The summed E-state index contributed by atoms with van der Waals surface area (Å²) >= 11 is 0. The third-order valence-corrected chi connectivity index (χ3v) is 4.09. The molecule has 1 aliphatic rings. The van der Waals surface area contributed by atoms with Gasteiger partial charge in [0.05, 0.1) is 36.8 Å². The van der Waals surface area contributed by atoms with E-state index in [0.29, 0.717) is 6.04 Å². The fourth-order valence-electron chi connectivity index (χ4n) is 2.92. The minimum absolute atomic E-state index is 0.311. The standard InChI is InChI=1S/C15H18N6O/c1-11-10-22-8-7-20(11)15-9-13(12-3-5-16-19(12)2)21-14(18-15)4-6-17-21/h3-6,9,11H,7-8,10H2,1-2H3. The molecule has 0 aromatic carbocycles.